The molecule has 0 unspecified atom stereocenters. The summed E-state index contributed by atoms with van der Waals surface area (Å²) in [5, 5.41) is 3.27. The summed E-state index contributed by atoms with van der Waals surface area (Å²) < 4.78 is 0. The Balaban J connectivity index is 2.22. The Kier molecular flexibility index (Phi) is 2.84. The number of nitrogen functional groups attached to an aromatic ring is 2. The third-order valence-electron chi connectivity index (χ3n) is 2.32. The Bertz CT molecular complexity index is 334. The topological polar surface area (TPSA) is 105 Å². The fourth-order valence-electron chi connectivity index (χ4n) is 1.58. The Morgan fingerprint density at radius 2 is 2.07 bits per heavy atom. The minimum Gasteiger partial charge on any atom is -0.368 e. The second kappa shape index (κ2) is 4.28. The highest BCUT2D eigenvalue weighted by molar-refractivity contribution is 5.52. The van der Waals surface area contributed by atoms with E-state index in [2.05, 4.69) is 25.6 Å². The van der Waals surface area contributed by atoms with E-state index in [0.29, 0.717) is 5.82 Å². The van der Waals surface area contributed by atoms with Crippen LogP contribution in [-0.2, 0) is 0 Å². The summed E-state index contributed by atoms with van der Waals surface area (Å²) in [6.45, 7) is 3.74. The Hall–Kier alpha value is -1.60. The molecule has 0 saturated carbocycles. The number of aromatic nitrogens is 2. The van der Waals surface area contributed by atoms with Gasteiger partial charge in [0.1, 0.15) is 11.6 Å². The number of nitrogens with zero attached hydrogens (tertiary/aromatic N) is 3. The molecule has 0 spiro atoms. The van der Waals surface area contributed by atoms with Crippen molar-refractivity contribution < 1.29 is 0 Å². The first-order valence-corrected chi connectivity index (χ1v) is 4.86. The van der Waals surface area contributed by atoms with Crippen LogP contribution >= 0.6 is 0 Å². The van der Waals surface area contributed by atoms with Gasteiger partial charge in [-0.25, -0.2) is 5.84 Å². The summed E-state index contributed by atoms with van der Waals surface area (Å²) in [5.41, 5.74) is 8.06. The van der Waals surface area contributed by atoms with E-state index in [-0.39, 0.29) is 5.95 Å². The number of rotatable bonds is 2. The Morgan fingerprint density at radius 1 is 1.33 bits per heavy atom. The van der Waals surface area contributed by atoms with Crippen LogP contribution in [0.2, 0.25) is 0 Å². The maximum atomic E-state index is 5.58. The van der Waals surface area contributed by atoms with Gasteiger partial charge >= 0.3 is 0 Å². The number of nitrogens with one attached hydrogen (secondary N) is 2. The predicted molar refractivity (Wildman–Crippen MR) is 59.3 cm³/mol. The molecule has 0 aliphatic carbocycles. The molecule has 2 rings (SSSR count). The molecule has 1 aromatic heterocycles. The normalized spacial score (nSPS) is 16.5. The van der Waals surface area contributed by atoms with E-state index in [9.17, 15) is 0 Å². The van der Waals surface area contributed by atoms with Crippen molar-refractivity contribution in [1.29, 1.82) is 0 Å². The summed E-state index contributed by atoms with van der Waals surface area (Å²) in [4.78, 5) is 10.3. The third-order valence-corrected chi connectivity index (χ3v) is 2.32. The molecule has 2 heterocycles. The summed E-state index contributed by atoms with van der Waals surface area (Å²) in [5.74, 6) is 6.88. The van der Waals surface area contributed by atoms with Gasteiger partial charge in [-0.05, 0) is 0 Å². The molecule has 7 nitrogen and oxygen atoms in total. The molecule has 0 atom stereocenters. The number of anilines is 3. The molecule has 7 heteroatoms. The van der Waals surface area contributed by atoms with Gasteiger partial charge < -0.3 is 21.4 Å². The summed E-state index contributed by atoms with van der Waals surface area (Å²) in [6.07, 6.45) is 0. The van der Waals surface area contributed by atoms with Crippen molar-refractivity contribution in [3.63, 3.8) is 0 Å². The van der Waals surface area contributed by atoms with Crippen LogP contribution in [0.3, 0.4) is 0 Å². The quantitative estimate of drug-likeness (QED) is 0.356. The van der Waals surface area contributed by atoms with Crippen LogP contribution in [0.5, 0.6) is 0 Å². The van der Waals surface area contributed by atoms with Gasteiger partial charge in [-0.2, -0.15) is 9.97 Å². The van der Waals surface area contributed by atoms with Crippen molar-refractivity contribution in [2.75, 3.05) is 42.2 Å². The predicted octanol–water partition coefficient (Wildman–Crippen LogP) is -1.25. The Labute approximate surface area is 87.8 Å². The molecule has 0 aromatic carbocycles. The van der Waals surface area contributed by atoms with Gasteiger partial charge in [-0.15, -0.1) is 0 Å². The largest absolute Gasteiger partial charge is 0.368 e. The van der Waals surface area contributed by atoms with Crippen LogP contribution in [0.1, 0.15) is 0 Å². The van der Waals surface area contributed by atoms with Gasteiger partial charge in [0.2, 0.25) is 5.95 Å². The molecule has 1 aromatic rings. The lowest BCUT2D eigenvalue weighted by Crippen LogP contribution is -2.44. The van der Waals surface area contributed by atoms with Crippen LogP contribution in [0.15, 0.2) is 6.07 Å². The third kappa shape index (κ3) is 2.25. The van der Waals surface area contributed by atoms with Gasteiger partial charge in [-0.3, -0.25) is 0 Å². The van der Waals surface area contributed by atoms with Crippen molar-refractivity contribution in [3.8, 4) is 0 Å². The van der Waals surface area contributed by atoms with Gasteiger partial charge in [0.05, 0.1) is 0 Å². The first-order chi connectivity index (χ1) is 7.29. The smallest absolute Gasteiger partial charge is 0.223 e. The van der Waals surface area contributed by atoms with Crippen molar-refractivity contribution in [3.05, 3.63) is 6.07 Å². The molecule has 0 amide bonds. The van der Waals surface area contributed by atoms with Gasteiger partial charge in [0.25, 0.3) is 0 Å². The molecular formula is C8H15N7. The summed E-state index contributed by atoms with van der Waals surface area (Å²) >= 11 is 0. The highest BCUT2D eigenvalue weighted by Crippen LogP contribution is 2.16. The van der Waals surface area contributed by atoms with Gasteiger partial charge in [0, 0.05) is 32.2 Å². The van der Waals surface area contributed by atoms with Crippen molar-refractivity contribution >= 4 is 17.6 Å². The molecule has 0 bridgehead atoms. The SMILES string of the molecule is NNc1cc(N2CCNCC2)nc(N)n1. The zero-order valence-electron chi connectivity index (χ0n) is 8.40. The highest BCUT2D eigenvalue weighted by Gasteiger charge is 2.13. The van der Waals surface area contributed by atoms with Crippen LogP contribution in [0.25, 0.3) is 0 Å². The number of hydrogen-bond acceptors (Lipinski definition) is 7. The number of hydrazine groups is 1. The average molecular weight is 209 g/mol. The molecular weight excluding hydrogens is 194 g/mol. The second-order valence-corrected chi connectivity index (χ2v) is 3.35. The standard InChI is InChI=1S/C8H15N7/c9-8-12-6(14-10)5-7(13-8)15-3-1-11-2-4-15/h5,11H,1-4,10H2,(H3,9,12,13,14). The maximum absolute atomic E-state index is 5.58. The lowest BCUT2D eigenvalue weighted by atomic mass is 10.3. The monoisotopic (exact) mass is 209 g/mol. The zero-order valence-corrected chi connectivity index (χ0v) is 8.40. The van der Waals surface area contributed by atoms with Crippen LogP contribution < -0.4 is 27.2 Å². The van der Waals surface area contributed by atoms with Crippen LogP contribution in [-0.4, -0.2) is 36.1 Å². The number of nitrogens with two attached hydrogens (primary N) is 2. The van der Waals surface area contributed by atoms with Crippen molar-refractivity contribution in [2.45, 2.75) is 0 Å². The number of hydrogen-bond donors (Lipinski definition) is 4. The van der Waals surface area contributed by atoms with E-state index in [0.717, 1.165) is 32.0 Å². The molecule has 1 fully saturated rings. The minimum absolute atomic E-state index is 0.235. The molecule has 1 saturated heterocycles. The van der Waals surface area contributed by atoms with Crippen LogP contribution in [0, 0.1) is 0 Å². The van der Waals surface area contributed by atoms with E-state index in [1.165, 1.54) is 0 Å². The van der Waals surface area contributed by atoms with Crippen molar-refractivity contribution in [1.82, 2.24) is 15.3 Å². The lowest BCUT2D eigenvalue weighted by Gasteiger charge is -2.28. The fraction of sp³-hybridized carbons (Fsp3) is 0.500. The van der Waals surface area contributed by atoms with E-state index in [1.807, 2.05) is 0 Å². The first-order valence-electron chi connectivity index (χ1n) is 4.86. The van der Waals surface area contributed by atoms with E-state index in [4.69, 9.17) is 11.6 Å². The van der Waals surface area contributed by atoms with Crippen molar-refractivity contribution in [2.24, 2.45) is 5.84 Å². The molecule has 0 radical (unpaired) electrons. The second-order valence-electron chi connectivity index (χ2n) is 3.35. The fourth-order valence-corrected chi connectivity index (χ4v) is 1.58. The number of piperazine rings is 1. The zero-order chi connectivity index (χ0) is 10.7. The molecule has 15 heavy (non-hydrogen) atoms. The molecule has 1 aliphatic heterocycles. The molecule has 82 valence electrons. The summed E-state index contributed by atoms with van der Waals surface area (Å²) in [6, 6.07) is 1.79. The van der Waals surface area contributed by atoms with E-state index < -0.39 is 0 Å². The first kappa shape index (κ1) is 9.94. The summed E-state index contributed by atoms with van der Waals surface area (Å²) in [7, 11) is 0. The molecule has 1 aliphatic rings. The van der Waals surface area contributed by atoms with E-state index in [1.54, 1.807) is 6.07 Å². The maximum Gasteiger partial charge on any atom is 0.223 e. The van der Waals surface area contributed by atoms with Gasteiger partial charge in [0.15, 0.2) is 0 Å². The highest BCUT2D eigenvalue weighted by atomic mass is 15.3. The minimum atomic E-state index is 0.235. The van der Waals surface area contributed by atoms with Crippen LogP contribution in [0.4, 0.5) is 17.6 Å². The Morgan fingerprint density at radius 3 is 2.73 bits per heavy atom. The lowest BCUT2D eigenvalue weighted by molar-refractivity contribution is 0.585. The molecule has 6 N–H and O–H groups in total. The average Bonchev–Trinajstić information content (AvgIpc) is 2.29. The van der Waals surface area contributed by atoms with Gasteiger partial charge in [-0.1, -0.05) is 0 Å². The van der Waals surface area contributed by atoms with E-state index >= 15 is 0 Å².